The minimum atomic E-state index is -1.05. The standard InChI is InChI=1S/C7H3F2O2/c8-4-1-2-5-7(6(4)9)11-3-10-5/h2H,3H2. The van der Waals surface area contributed by atoms with Gasteiger partial charge in [-0.2, -0.15) is 4.39 Å². The molecule has 0 saturated heterocycles. The van der Waals surface area contributed by atoms with Crippen molar-refractivity contribution >= 4 is 0 Å². The van der Waals surface area contributed by atoms with Crippen molar-refractivity contribution in [3.05, 3.63) is 23.8 Å². The van der Waals surface area contributed by atoms with E-state index in [4.69, 9.17) is 4.74 Å². The summed E-state index contributed by atoms with van der Waals surface area (Å²) in [6.45, 7) is -0.0659. The largest absolute Gasteiger partial charge is 0.453 e. The Hall–Kier alpha value is -1.32. The average Bonchev–Trinajstić information content (AvgIpc) is 2.45. The van der Waals surface area contributed by atoms with Crippen LogP contribution >= 0.6 is 0 Å². The van der Waals surface area contributed by atoms with Crippen LogP contribution in [0.2, 0.25) is 0 Å². The molecule has 0 spiro atoms. The lowest BCUT2D eigenvalue weighted by Crippen LogP contribution is -1.94. The van der Waals surface area contributed by atoms with Gasteiger partial charge in [-0.15, -0.1) is 0 Å². The van der Waals surface area contributed by atoms with Gasteiger partial charge in [0, 0.05) is 6.07 Å². The van der Waals surface area contributed by atoms with E-state index in [0.29, 0.717) is 0 Å². The van der Waals surface area contributed by atoms with Gasteiger partial charge < -0.3 is 9.47 Å². The van der Waals surface area contributed by atoms with Gasteiger partial charge in [-0.25, -0.2) is 4.39 Å². The molecule has 0 bridgehead atoms. The van der Waals surface area contributed by atoms with Crippen molar-refractivity contribution in [1.29, 1.82) is 0 Å². The third-order valence-electron chi connectivity index (χ3n) is 1.36. The molecule has 0 saturated carbocycles. The summed E-state index contributed by atoms with van der Waals surface area (Å²) < 4.78 is 34.5. The number of ether oxygens (including phenoxy) is 2. The van der Waals surface area contributed by atoms with Crippen LogP contribution in [0, 0.1) is 17.7 Å². The maximum atomic E-state index is 12.7. The summed E-state index contributed by atoms with van der Waals surface area (Å²) in [7, 11) is 0. The van der Waals surface area contributed by atoms with Crippen molar-refractivity contribution in [2.24, 2.45) is 0 Å². The summed E-state index contributed by atoms with van der Waals surface area (Å²) in [5.41, 5.74) is 0. The van der Waals surface area contributed by atoms with Gasteiger partial charge in [0.05, 0.1) is 0 Å². The summed E-state index contributed by atoms with van der Waals surface area (Å²) in [6, 6.07) is 3.26. The third kappa shape index (κ3) is 0.824. The van der Waals surface area contributed by atoms with E-state index in [1.807, 2.05) is 0 Å². The molecule has 4 heteroatoms. The average molecular weight is 157 g/mol. The molecule has 11 heavy (non-hydrogen) atoms. The number of benzene rings is 1. The van der Waals surface area contributed by atoms with Crippen molar-refractivity contribution in [2.75, 3.05) is 6.79 Å². The lowest BCUT2D eigenvalue weighted by atomic mass is 10.3. The fourth-order valence-electron chi connectivity index (χ4n) is 0.859. The Bertz CT molecular complexity index is 299. The van der Waals surface area contributed by atoms with Crippen molar-refractivity contribution in [3.8, 4) is 11.5 Å². The van der Waals surface area contributed by atoms with E-state index >= 15 is 0 Å². The van der Waals surface area contributed by atoms with Crippen molar-refractivity contribution in [2.45, 2.75) is 0 Å². The Morgan fingerprint density at radius 1 is 1.36 bits per heavy atom. The molecule has 0 fully saturated rings. The van der Waals surface area contributed by atoms with E-state index in [-0.39, 0.29) is 18.3 Å². The van der Waals surface area contributed by atoms with Crippen LogP contribution in [0.3, 0.4) is 0 Å². The molecule has 2 nitrogen and oxygen atoms in total. The number of rotatable bonds is 0. The first-order valence-electron chi connectivity index (χ1n) is 2.94. The Morgan fingerprint density at radius 3 is 3.00 bits per heavy atom. The SMILES string of the molecule is Fc1[c]cc2c(c1F)OCO2. The van der Waals surface area contributed by atoms with Crippen molar-refractivity contribution < 1.29 is 18.3 Å². The number of hydrogen-bond donors (Lipinski definition) is 0. The molecule has 1 aliphatic rings. The van der Waals surface area contributed by atoms with Crippen LogP contribution in [0.1, 0.15) is 0 Å². The molecule has 1 aromatic rings. The van der Waals surface area contributed by atoms with Crippen LogP contribution in [0.25, 0.3) is 0 Å². The van der Waals surface area contributed by atoms with Gasteiger partial charge in [-0.3, -0.25) is 0 Å². The summed E-state index contributed by atoms with van der Waals surface area (Å²) in [5.74, 6) is -2.06. The first-order chi connectivity index (χ1) is 5.29. The molecule has 57 valence electrons. The molecule has 1 aromatic carbocycles. The van der Waals surface area contributed by atoms with Crippen molar-refractivity contribution in [1.82, 2.24) is 0 Å². The zero-order valence-electron chi connectivity index (χ0n) is 5.36. The quantitative estimate of drug-likeness (QED) is 0.568. The minimum absolute atomic E-state index is 0.0659. The second kappa shape index (κ2) is 2.08. The highest BCUT2D eigenvalue weighted by molar-refractivity contribution is 5.42. The second-order valence-electron chi connectivity index (χ2n) is 2.02. The summed E-state index contributed by atoms with van der Waals surface area (Å²) >= 11 is 0. The number of fused-ring (bicyclic) bond motifs is 1. The monoisotopic (exact) mass is 157 g/mol. The lowest BCUT2D eigenvalue weighted by molar-refractivity contribution is 0.170. The molecule has 0 amide bonds. The summed E-state index contributed by atoms with van der Waals surface area (Å²) in [4.78, 5) is 0. The molecule has 0 unspecified atom stereocenters. The van der Waals surface area contributed by atoms with E-state index < -0.39 is 11.6 Å². The fraction of sp³-hybridized carbons (Fsp3) is 0.143. The Labute approximate surface area is 61.3 Å². The highest BCUT2D eigenvalue weighted by Gasteiger charge is 2.20. The molecular weight excluding hydrogens is 154 g/mol. The third-order valence-corrected chi connectivity index (χ3v) is 1.36. The summed E-state index contributed by atoms with van der Waals surface area (Å²) in [5, 5.41) is 0. The first kappa shape index (κ1) is 6.39. The summed E-state index contributed by atoms with van der Waals surface area (Å²) in [6.07, 6.45) is 0. The van der Waals surface area contributed by atoms with E-state index in [1.165, 1.54) is 6.07 Å². The van der Waals surface area contributed by atoms with Gasteiger partial charge in [-0.05, 0) is 6.07 Å². The van der Waals surface area contributed by atoms with Gasteiger partial charge in [0.2, 0.25) is 18.4 Å². The van der Waals surface area contributed by atoms with Gasteiger partial charge in [-0.1, -0.05) is 0 Å². The predicted octanol–water partition coefficient (Wildman–Crippen LogP) is 1.49. The first-order valence-corrected chi connectivity index (χ1v) is 2.94. The van der Waals surface area contributed by atoms with Gasteiger partial charge in [0.1, 0.15) is 0 Å². The van der Waals surface area contributed by atoms with E-state index in [0.717, 1.165) is 0 Å². The maximum absolute atomic E-state index is 12.7. The molecule has 2 rings (SSSR count). The van der Waals surface area contributed by atoms with E-state index in [1.54, 1.807) is 0 Å². The van der Waals surface area contributed by atoms with Crippen LogP contribution in [-0.2, 0) is 0 Å². The molecule has 0 aliphatic carbocycles. The van der Waals surface area contributed by atoms with Crippen LogP contribution in [0.15, 0.2) is 6.07 Å². The molecular formula is C7H3F2O2. The predicted molar refractivity (Wildman–Crippen MR) is 31.3 cm³/mol. The minimum Gasteiger partial charge on any atom is -0.453 e. The smallest absolute Gasteiger partial charge is 0.231 e. The zero-order chi connectivity index (χ0) is 7.84. The highest BCUT2D eigenvalue weighted by atomic mass is 19.2. The van der Waals surface area contributed by atoms with Crippen LogP contribution in [0.5, 0.6) is 11.5 Å². The number of hydrogen-bond acceptors (Lipinski definition) is 2. The second-order valence-corrected chi connectivity index (χ2v) is 2.02. The molecule has 0 N–H and O–H groups in total. The Balaban J connectivity index is 2.62. The normalized spacial score (nSPS) is 13.6. The van der Waals surface area contributed by atoms with Crippen LogP contribution < -0.4 is 9.47 Å². The zero-order valence-corrected chi connectivity index (χ0v) is 5.36. The molecule has 1 radical (unpaired) electrons. The topological polar surface area (TPSA) is 18.5 Å². The van der Waals surface area contributed by atoms with Gasteiger partial charge >= 0.3 is 0 Å². The maximum Gasteiger partial charge on any atom is 0.231 e. The van der Waals surface area contributed by atoms with Gasteiger partial charge in [0.25, 0.3) is 0 Å². The van der Waals surface area contributed by atoms with Crippen molar-refractivity contribution in [3.63, 3.8) is 0 Å². The number of halogens is 2. The van der Waals surface area contributed by atoms with Gasteiger partial charge in [0.15, 0.2) is 11.6 Å². The molecule has 0 atom stereocenters. The molecule has 0 aromatic heterocycles. The lowest BCUT2D eigenvalue weighted by Gasteiger charge is -1.95. The Morgan fingerprint density at radius 2 is 2.18 bits per heavy atom. The van der Waals surface area contributed by atoms with Crippen LogP contribution in [0.4, 0.5) is 8.78 Å². The molecule has 1 heterocycles. The fourth-order valence-corrected chi connectivity index (χ4v) is 0.859. The Kier molecular flexibility index (Phi) is 1.21. The highest BCUT2D eigenvalue weighted by Crippen LogP contribution is 2.35. The van der Waals surface area contributed by atoms with E-state index in [9.17, 15) is 8.78 Å². The molecule has 1 aliphatic heterocycles. The van der Waals surface area contributed by atoms with E-state index in [2.05, 4.69) is 10.8 Å². The van der Waals surface area contributed by atoms with Crippen LogP contribution in [-0.4, -0.2) is 6.79 Å².